The summed E-state index contributed by atoms with van der Waals surface area (Å²) < 4.78 is 10.9. The molecular weight excluding hydrogens is 252 g/mol. The summed E-state index contributed by atoms with van der Waals surface area (Å²) in [4.78, 5) is 11.8. The van der Waals surface area contributed by atoms with Crippen molar-refractivity contribution >= 4 is 5.97 Å². The van der Waals surface area contributed by atoms with E-state index in [-0.39, 0.29) is 5.97 Å². The quantitative estimate of drug-likeness (QED) is 0.388. The molecule has 1 aliphatic rings. The topological polar surface area (TPSA) is 35.5 Å². The maximum absolute atomic E-state index is 11.8. The van der Waals surface area contributed by atoms with E-state index in [1.54, 1.807) is 6.08 Å². The van der Waals surface area contributed by atoms with Gasteiger partial charge in [0.15, 0.2) is 0 Å². The van der Waals surface area contributed by atoms with Gasteiger partial charge in [0.05, 0.1) is 12.7 Å². The second-order valence-corrected chi connectivity index (χ2v) is 6.62. The molecule has 1 rings (SSSR count). The summed E-state index contributed by atoms with van der Waals surface area (Å²) in [7, 11) is 0. The number of carbonyl (C=O) groups excluding carboxylic acids is 1. The van der Waals surface area contributed by atoms with Crippen LogP contribution in [0.25, 0.3) is 0 Å². The predicted octanol–water partition coefficient (Wildman–Crippen LogP) is 4.61. The van der Waals surface area contributed by atoms with Crippen molar-refractivity contribution in [3.05, 3.63) is 11.8 Å². The van der Waals surface area contributed by atoms with Gasteiger partial charge in [-0.15, -0.1) is 0 Å². The minimum atomic E-state index is -0.442. The maximum Gasteiger partial charge on any atom is 0.334 e. The molecule has 0 aromatic carbocycles. The molecule has 1 saturated heterocycles. The van der Waals surface area contributed by atoms with Gasteiger partial charge in [0.25, 0.3) is 0 Å². The maximum atomic E-state index is 11.8. The third-order valence-corrected chi connectivity index (χ3v) is 3.46. The summed E-state index contributed by atoms with van der Waals surface area (Å²) in [6, 6.07) is 0. The molecule has 0 spiro atoms. The monoisotopic (exact) mass is 282 g/mol. The Morgan fingerprint density at radius 3 is 2.65 bits per heavy atom. The number of rotatable bonds is 7. The van der Waals surface area contributed by atoms with Crippen LogP contribution in [0.1, 0.15) is 72.6 Å². The fourth-order valence-corrected chi connectivity index (χ4v) is 2.47. The van der Waals surface area contributed by atoms with E-state index in [0.29, 0.717) is 5.92 Å². The minimum Gasteiger partial charge on any atom is -0.497 e. The van der Waals surface area contributed by atoms with Gasteiger partial charge in [0.1, 0.15) is 11.4 Å². The number of hydrogen-bond acceptors (Lipinski definition) is 3. The Balaban J connectivity index is 2.38. The van der Waals surface area contributed by atoms with Crippen molar-refractivity contribution in [1.82, 2.24) is 0 Å². The van der Waals surface area contributed by atoms with Gasteiger partial charge in [0, 0.05) is 5.92 Å². The fourth-order valence-electron chi connectivity index (χ4n) is 2.47. The molecule has 0 bridgehead atoms. The van der Waals surface area contributed by atoms with Crippen molar-refractivity contribution in [2.24, 2.45) is 5.92 Å². The van der Waals surface area contributed by atoms with E-state index in [4.69, 9.17) is 9.47 Å². The molecule has 1 aliphatic heterocycles. The highest BCUT2D eigenvalue weighted by Crippen LogP contribution is 2.29. The lowest BCUT2D eigenvalue weighted by atomic mass is 9.97. The number of unbranched alkanes of at least 4 members (excludes halogenated alkanes) is 4. The molecule has 1 atom stereocenters. The van der Waals surface area contributed by atoms with Crippen molar-refractivity contribution in [1.29, 1.82) is 0 Å². The second-order valence-electron chi connectivity index (χ2n) is 6.62. The first-order valence-corrected chi connectivity index (χ1v) is 7.99. The molecule has 0 aliphatic carbocycles. The zero-order valence-electron chi connectivity index (χ0n) is 13.5. The van der Waals surface area contributed by atoms with Crippen LogP contribution < -0.4 is 0 Å². The molecule has 0 amide bonds. The summed E-state index contributed by atoms with van der Waals surface area (Å²) in [6.07, 6.45) is 10.1. The molecule has 3 nitrogen and oxygen atoms in total. The number of ether oxygens (including phenoxy) is 2. The molecule has 1 heterocycles. The number of carbonyl (C=O) groups is 1. The van der Waals surface area contributed by atoms with Crippen LogP contribution in [-0.2, 0) is 14.3 Å². The average Bonchev–Trinajstić information content (AvgIpc) is 2.74. The van der Waals surface area contributed by atoms with Crippen molar-refractivity contribution in [2.75, 3.05) is 6.61 Å². The van der Waals surface area contributed by atoms with Crippen LogP contribution in [0, 0.1) is 5.92 Å². The molecule has 20 heavy (non-hydrogen) atoms. The zero-order chi connectivity index (χ0) is 15.0. The van der Waals surface area contributed by atoms with Crippen LogP contribution in [0.2, 0.25) is 0 Å². The highest BCUT2D eigenvalue weighted by molar-refractivity contribution is 5.82. The van der Waals surface area contributed by atoms with Crippen LogP contribution in [-0.4, -0.2) is 18.2 Å². The van der Waals surface area contributed by atoms with Crippen molar-refractivity contribution < 1.29 is 14.3 Å². The van der Waals surface area contributed by atoms with E-state index in [9.17, 15) is 4.79 Å². The number of esters is 1. The highest BCUT2D eigenvalue weighted by atomic mass is 16.6. The molecule has 0 radical (unpaired) electrons. The molecule has 0 saturated carbocycles. The Morgan fingerprint density at radius 1 is 1.30 bits per heavy atom. The van der Waals surface area contributed by atoms with Crippen LogP contribution >= 0.6 is 0 Å². The first-order chi connectivity index (χ1) is 9.42. The van der Waals surface area contributed by atoms with Gasteiger partial charge in [-0.05, 0) is 33.6 Å². The van der Waals surface area contributed by atoms with Crippen LogP contribution in [0.4, 0.5) is 0 Å². The Morgan fingerprint density at radius 2 is 2.00 bits per heavy atom. The lowest BCUT2D eigenvalue weighted by Gasteiger charge is -2.18. The van der Waals surface area contributed by atoms with Gasteiger partial charge in [-0.25, -0.2) is 4.79 Å². The van der Waals surface area contributed by atoms with Crippen molar-refractivity contribution in [3.63, 3.8) is 0 Å². The summed E-state index contributed by atoms with van der Waals surface area (Å²) in [5.41, 5.74) is -0.442. The lowest BCUT2D eigenvalue weighted by Crippen LogP contribution is -2.23. The molecule has 3 heteroatoms. The molecule has 0 aromatic heterocycles. The normalized spacial score (nSPS) is 21.0. The number of allylic oxidation sites excluding steroid dienone is 1. The Kier molecular flexibility index (Phi) is 7.11. The average molecular weight is 282 g/mol. The summed E-state index contributed by atoms with van der Waals surface area (Å²) in [6.45, 7) is 8.60. The van der Waals surface area contributed by atoms with Gasteiger partial charge >= 0.3 is 5.97 Å². The summed E-state index contributed by atoms with van der Waals surface area (Å²) in [5, 5.41) is 0. The van der Waals surface area contributed by atoms with Gasteiger partial charge in [0.2, 0.25) is 0 Å². The van der Waals surface area contributed by atoms with Crippen LogP contribution in [0.3, 0.4) is 0 Å². The van der Waals surface area contributed by atoms with Gasteiger partial charge in [-0.3, -0.25) is 0 Å². The number of hydrogen-bond donors (Lipinski definition) is 0. The van der Waals surface area contributed by atoms with Crippen molar-refractivity contribution in [2.45, 2.75) is 78.2 Å². The molecule has 1 unspecified atom stereocenters. The molecule has 0 aromatic rings. The first kappa shape index (κ1) is 17.1. The first-order valence-electron chi connectivity index (χ1n) is 7.99. The highest BCUT2D eigenvalue weighted by Gasteiger charge is 2.24. The largest absolute Gasteiger partial charge is 0.497 e. The molecule has 1 fully saturated rings. The standard InChI is InChI=1S/C17H30O3/c1-5-6-7-8-9-10-14-11-12-19-15(14)13-16(18)20-17(2,3)4/h13-14H,5-12H2,1-4H3/b15-13-. The molecular formula is C17H30O3. The van der Waals surface area contributed by atoms with Gasteiger partial charge < -0.3 is 9.47 Å². The van der Waals surface area contributed by atoms with E-state index in [0.717, 1.165) is 25.2 Å². The van der Waals surface area contributed by atoms with Gasteiger partial charge in [-0.1, -0.05) is 39.0 Å². The zero-order valence-corrected chi connectivity index (χ0v) is 13.5. The third kappa shape index (κ3) is 6.97. The third-order valence-electron chi connectivity index (χ3n) is 3.46. The van der Waals surface area contributed by atoms with E-state index < -0.39 is 5.60 Å². The fraction of sp³-hybridized carbons (Fsp3) is 0.824. The summed E-state index contributed by atoms with van der Waals surface area (Å²) >= 11 is 0. The Hall–Kier alpha value is -0.990. The van der Waals surface area contributed by atoms with Crippen LogP contribution in [0.5, 0.6) is 0 Å². The van der Waals surface area contributed by atoms with E-state index in [2.05, 4.69) is 6.92 Å². The summed E-state index contributed by atoms with van der Waals surface area (Å²) in [5.74, 6) is 0.948. The van der Waals surface area contributed by atoms with Crippen molar-refractivity contribution in [3.8, 4) is 0 Å². The van der Waals surface area contributed by atoms with Crippen LogP contribution in [0.15, 0.2) is 11.8 Å². The van der Waals surface area contributed by atoms with E-state index in [1.165, 1.54) is 32.1 Å². The van der Waals surface area contributed by atoms with E-state index in [1.807, 2.05) is 20.8 Å². The Labute approximate surface area is 123 Å². The minimum absolute atomic E-state index is 0.287. The lowest BCUT2D eigenvalue weighted by molar-refractivity contribution is -0.148. The SMILES string of the molecule is CCCCCCCC1CCO/C1=C\C(=O)OC(C)(C)C. The second kappa shape index (κ2) is 8.33. The van der Waals surface area contributed by atoms with E-state index >= 15 is 0 Å². The Bertz CT molecular complexity index is 326. The van der Waals surface area contributed by atoms with Gasteiger partial charge in [-0.2, -0.15) is 0 Å². The smallest absolute Gasteiger partial charge is 0.334 e. The predicted molar refractivity (Wildman–Crippen MR) is 81.4 cm³/mol. The molecule has 0 N–H and O–H groups in total. The molecule has 116 valence electrons.